The second kappa shape index (κ2) is 8.71. The van der Waals surface area contributed by atoms with E-state index in [1.165, 1.54) is 11.1 Å². The fourth-order valence-electron chi connectivity index (χ4n) is 5.10. The Morgan fingerprint density at radius 3 is 2.30 bits per heavy atom. The number of halogens is 1. The minimum absolute atomic E-state index is 0.257. The maximum Gasteiger partial charge on any atom is 0.0941 e. The van der Waals surface area contributed by atoms with Gasteiger partial charge in [0.1, 0.15) is 0 Å². The number of fused-ring (bicyclic) bond motifs is 4. The Balaban J connectivity index is 1.09. The van der Waals surface area contributed by atoms with Gasteiger partial charge in [-0.3, -0.25) is 24.8 Å². The summed E-state index contributed by atoms with van der Waals surface area (Å²) < 4.78 is 0. The molecule has 1 fully saturated rings. The van der Waals surface area contributed by atoms with Gasteiger partial charge in [-0.15, -0.1) is 0 Å². The van der Waals surface area contributed by atoms with Crippen molar-refractivity contribution in [1.82, 2.24) is 24.8 Å². The first-order valence-corrected chi connectivity index (χ1v) is 11.8. The van der Waals surface area contributed by atoms with Gasteiger partial charge in [0.25, 0.3) is 0 Å². The van der Waals surface area contributed by atoms with Gasteiger partial charge in [0.05, 0.1) is 22.9 Å². The van der Waals surface area contributed by atoms with Crippen molar-refractivity contribution in [2.45, 2.75) is 6.04 Å². The maximum absolute atomic E-state index is 6.11. The fraction of sp³-hybridized carbons (Fsp3) is 0.269. The Hall–Kier alpha value is -3.06. The van der Waals surface area contributed by atoms with Crippen molar-refractivity contribution in [1.29, 1.82) is 0 Å². The van der Waals surface area contributed by atoms with E-state index in [1.807, 2.05) is 55.0 Å². The summed E-state index contributed by atoms with van der Waals surface area (Å²) in [5.74, 6) is 0. The molecule has 7 heteroatoms. The zero-order valence-electron chi connectivity index (χ0n) is 18.3. The molecule has 0 unspecified atom stereocenters. The summed E-state index contributed by atoms with van der Waals surface area (Å²) in [6.45, 7) is 6.07. The largest absolute Gasteiger partial charge is 0.383 e. The van der Waals surface area contributed by atoms with Crippen molar-refractivity contribution in [3.63, 3.8) is 0 Å². The molecule has 6 rings (SSSR count). The molecule has 4 heterocycles. The van der Waals surface area contributed by atoms with Gasteiger partial charge >= 0.3 is 0 Å². The summed E-state index contributed by atoms with van der Waals surface area (Å²) in [5.41, 5.74) is 6.67. The molecule has 1 aromatic carbocycles. The Labute approximate surface area is 198 Å². The highest BCUT2D eigenvalue weighted by molar-refractivity contribution is 6.31. The van der Waals surface area contributed by atoms with Crippen LogP contribution in [-0.4, -0.2) is 64.0 Å². The van der Waals surface area contributed by atoms with Crippen molar-refractivity contribution in [3.8, 4) is 11.4 Å². The predicted octanol–water partition coefficient (Wildman–Crippen LogP) is 4.48. The summed E-state index contributed by atoms with van der Waals surface area (Å²) >= 11 is 6.11. The van der Waals surface area contributed by atoms with Gasteiger partial charge in [-0.1, -0.05) is 23.7 Å². The Morgan fingerprint density at radius 1 is 0.848 bits per heavy atom. The lowest BCUT2D eigenvalue weighted by Crippen LogP contribution is -2.48. The third kappa shape index (κ3) is 3.84. The third-order valence-electron chi connectivity index (χ3n) is 6.71. The van der Waals surface area contributed by atoms with Crippen LogP contribution in [0.1, 0.15) is 17.2 Å². The van der Waals surface area contributed by atoms with E-state index < -0.39 is 0 Å². The third-order valence-corrected chi connectivity index (χ3v) is 6.95. The molecule has 1 aliphatic carbocycles. The quantitative estimate of drug-likeness (QED) is 0.478. The molecule has 0 saturated carbocycles. The van der Waals surface area contributed by atoms with Crippen LogP contribution < -0.4 is 5.32 Å². The summed E-state index contributed by atoms with van der Waals surface area (Å²) in [6, 6.07) is 16.6. The fourth-order valence-corrected chi connectivity index (χ4v) is 5.27. The van der Waals surface area contributed by atoms with Crippen molar-refractivity contribution < 1.29 is 0 Å². The van der Waals surface area contributed by atoms with Crippen LogP contribution in [0.5, 0.6) is 0 Å². The van der Waals surface area contributed by atoms with Crippen LogP contribution in [0.15, 0.2) is 67.1 Å². The minimum Gasteiger partial charge on any atom is -0.383 e. The highest BCUT2D eigenvalue weighted by atomic mass is 35.5. The molecule has 33 heavy (non-hydrogen) atoms. The number of aromatic nitrogens is 3. The van der Waals surface area contributed by atoms with E-state index in [2.05, 4.69) is 42.2 Å². The highest BCUT2D eigenvalue weighted by Gasteiger charge is 2.35. The molecule has 0 atom stereocenters. The number of anilines is 1. The van der Waals surface area contributed by atoms with E-state index in [0.29, 0.717) is 5.02 Å². The number of pyridine rings is 3. The molecule has 6 nitrogen and oxygen atoms in total. The van der Waals surface area contributed by atoms with Crippen LogP contribution >= 0.6 is 11.6 Å². The molecule has 0 amide bonds. The van der Waals surface area contributed by atoms with Gasteiger partial charge in [-0.05, 0) is 36.4 Å². The summed E-state index contributed by atoms with van der Waals surface area (Å²) in [7, 11) is 0. The maximum atomic E-state index is 6.11. The van der Waals surface area contributed by atoms with Gasteiger partial charge in [0.15, 0.2) is 0 Å². The van der Waals surface area contributed by atoms with E-state index in [-0.39, 0.29) is 6.04 Å². The van der Waals surface area contributed by atoms with Gasteiger partial charge in [0.2, 0.25) is 0 Å². The number of nitrogens with one attached hydrogen (secondary N) is 1. The number of piperazine rings is 1. The van der Waals surface area contributed by atoms with Crippen LogP contribution in [0.2, 0.25) is 5.02 Å². The van der Waals surface area contributed by atoms with Gasteiger partial charge in [0, 0.05) is 85.1 Å². The number of hydrogen-bond donors (Lipinski definition) is 1. The molecular formula is C26H25ClN6. The number of nitrogens with zero attached hydrogens (tertiary/aromatic N) is 5. The number of benzene rings is 1. The van der Waals surface area contributed by atoms with E-state index in [9.17, 15) is 0 Å². The molecule has 0 spiro atoms. The molecule has 0 bridgehead atoms. The Kier molecular flexibility index (Phi) is 5.42. The van der Waals surface area contributed by atoms with Crippen LogP contribution in [0.25, 0.3) is 22.3 Å². The van der Waals surface area contributed by atoms with E-state index >= 15 is 0 Å². The SMILES string of the molecule is Clc1ccc2c(NCCN3CCN(C4c5cccnc5-c5ncccc54)CC3)ccnc2c1. The Bertz CT molecular complexity index is 1260. The molecule has 4 aromatic rings. The van der Waals surface area contributed by atoms with Crippen molar-refractivity contribution in [2.75, 3.05) is 44.6 Å². The molecular weight excluding hydrogens is 432 g/mol. The molecule has 1 aliphatic heterocycles. The number of hydrogen-bond acceptors (Lipinski definition) is 6. The molecule has 2 aliphatic rings. The second-order valence-electron chi connectivity index (χ2n) is 8.61. The minimum atomic E-state index is 0.257. The van der Waals surface area contributed by atoms with E-state index in [0.717, 1.165) is 67.2 Å². The first kappa shape index (κ1) is 20.5. The van der Waals surface area contributed by atoms with Crippen molar-refractivity contribution in [2.24, 2.45) is 0 Å². The molecule has 3 aromatic heterocycles. The summed E-state index contributed by atoms with van der Waals surface area (Å²) in [4.78, 5) is 18.8. The summed E-state index contributed by atoms with van der Waals surface area (Å²) in [5, 5.41) is 5.41. The zero-order valence-corrected chi connectivity index (χ0v) is 19.0. The van der Waals surface area contributed by atoms with Crippen LogP contribution in [0, 0.1) is 0 Å². The predicted molar refractivity (Wildman–Crippen MR) is 133 cm³/mol. The molecule has 0 radical (unpaired) electrons. The second-order valence-corrected chi connectivity index (χ2v) is 9.05. The lowest BCUT2D eigenvalue weighted by molar-refractivity contribution is 0.114. The summed E-state index contributed by atoms with van der Waals surface area (Å²) in [6.07, 6.45) is 5.57. The zero-order chi connectivity index (χ0) is 22.2. The van der Waals surface area contributed by atoms with Crippen LogP contribution in [-0.2, 0) is 0 Å². The molecule has 166 valence electrons. The molecule has 1 N–H and O–H groups in total. The van der Waals surface area contributed by atoms with Gasteiger partial charge in [-0.25, -0.2) is 0 Å². The normalized spacial score (nSPS) is 16.6. The lowest BCUT2D eigenvalue weighted by atomic mass is 10.0. The van der Waals surface area contributed by atoms with E-state index in [4.69, 9.17) is 11.6 Å². The van der Waals surface area contributed by atoms with Crippen molar-refractivity contribution in [3.05, 3.63) is 83.3 Å². The smallest absolute Gasteiger partial charge is 0.0941 e. The van der Waals surface area contributed by atoms with Crippen LogP contribution in [0.4, 0.5) is 5.69 Å². The highest BCUT2D eigenvalue weighted by Crippen LogP contribution is 2.44. The first-order valence-electron chi connectivity index (χ1n) is 11.4. The Morgan fingerprint density at radius 2 is 1.58 bits per heavy atom. The van der Waals surface area contributed by atoms with Gasteiger partial charge < -0.3 is 5.32 Å². The average molecular weight is 457 g/mol. The topological polar surface area (TPSA) is 57.2 Å². The van der Waals surface area contributed by atoms with Gasteiger partial charge in [-0.2, -0.15) is 0 Å². The molecule has 1 saturated heterocycles. The average Bonchev–Trinajstić information content (AvgIpc) is 3.19. The first-order chi connectivity index (χ1) is 16.3. The van der Waals surface area contributed by atoms with Crippen molar-refractivity contribution >= 4 is 28.2 Å². The standard InChI is InChI=1S/C26H25ClN6/c27-18-5-6-19-22(7-10-28-23(19)17-18)29-11-12-32-13-15-33(16-14-32)26-20-3-1-8-30-24(20)25-21(26)4-2-9-31-25/h1-10,17,26H,11-16H2,(H,28,29). The number of rotatable bonds is 5. The monoisotopic (exact) mass is 456 g/mol. The van der Waals surface area contributed by atoms with Crippen LogP contribution in [0.3, 0.4) is 0 Å². The van der Waals surface area contributed by atoms with E-state index in [1.54, 1.807) is 0 Å². The lowest BCUT2D eigenvalue weighted by Gasteiger charge is -2.38.